The summed E-state index contributed by atoms with van der Waals surface area (Å²) in [5.41, 5.74) is 0.101. The number of carboxylic acid groups (broad SMARTS) is 1. The van der Waals surface area contributed by atoms with Crippen molar-refractivity contribution in [2.45, 2.75) is 38.6 Å². The molecule has 2 bridgehead atoms. The maximum Gasteiger partial charge on any atom is 0.337 e. The standard InChI is InChI=1S/C15H19ClN2O2/c1-8(12-7-9-2-3-10(12)6-9)18-14-13(16)11(15(19)20)4-5-17-14/h4-5,8-10,12H,2-3,6-7H2,1H3,(H,17,18)(H,19,20). The van der Waals surface area contributed by atoms with Crippen LogP contribution in [-0.2, 0) is 0 Å². The summed E-state index contributed by atoms with van der Waals surface area (Å²) in [6.07, 6.45) is 6.83. The Morgan fingerprint density at radius 2 is 2.30 bits per heavy atom. The van der Waals surface area contributed by atoms with Crippen molar-refractivity contribution in [3.8, 4) is 0 Å². The molecule has 1 aromatic heterocycles. The molecule has 20 heavy (non-hydrogen) atoms. The lowest BCUT2D eigenvalue weighted by atomic mass is 9.84. The third kappa shape index (κ3) is 2.37. The van der Waals surface area contributed by atoms with Crippen molar-refractivity contribution < 1.29 is 9.90 Å². The van der Waals surface area contributed by atoms with E-state index in [0.717, 1.165) is 11.8 Å². The van der Waals surface area contributed by atoms with E-state index in [4.69, 9.17) is 16.7 Å². The molecule has 2 fully saturated rings. The molecule has 0 spiro atoms. The lowest BCUT2D eigenvalue weighted by Gasteiger charge is -2.29. The molecule has 2 aliphatic carbocycles. The average molecular weight is 295 g/mol. The Morgan fingerprint density at radius 1 is 1.50 bits per heavy atom. The maximum atomic E-state index is 11.1. The third-order valence-corrected chi connectivity index (χ3v) is 5.30. The van der Waals surface area contributed by atoms with Crippen molar-refractivity contribution in [1.29, 1.82) is 0 Å². The predicted octanol–water partition coefficient (Wildman–Crippen LogP) is 3.67. The van der Waals surface area contributed by atoms with Crippen LogP contribution in [0.2, 0.25) is 5.02 Å². The zero-order valence-electron chi connectivity index (χ0n) is 11.5. The number of nitrogens with one attached hydrogen (secondary N) is 1. The van der Waals surface area contributed by atoms with Gasteiger partial charge in [0.15, 0.2) is 0 Å². The molecule has 3 rings (SSSR count). The Hall–Kier alpha value is -1.29. The number of hydrogen-bond donors (Lipinski definition) is 2. The summed E-state index contributed by atoms with van der Waals surface area (Å²) < 4.78 is 0. The van der Waals surface area contributed by atoms with E-state index in [1.165, 1.54) is 37.9 Å². The summed E-state index contributed by atoms with van der Waals surface area (Å²) in [6.45, 7) is 2.15. The van der Waals surface area contributed by atoms with Crippen LogP contribution in [-0.4, -0.2) is 22.1 Å². The van der Waals surface area contributed by atoms with Crippen LogP contribution in [0.25, 0.3) is 0 Å². The van der Waals surface area contributed by atoms with E-state index in [9.17, 15) is 4.79 Å². The molecule has 0 aliphatic heterocycles. The monoisotopic (exact) mass is 294 g/mol. The molecule has 0 radical (unpaired) electrons. The number of pyridine rings is 1. The number of nitrogens with zero attached hydrogens (tertiary/aromatic N) is 1. The van der Waals surface area contributed by atoms with Gasteiger partial charge in [-0.3, -0.25) is 0 Å². The smallest absolute Gasteiger partial charge is 0.337 e. The highest BCUT2D eigenvalue weighted by Crippen LogP contribution is 2.49. The number of anilines is 1. The fraction of sp³-hybridized carbons (Fsp3) is 0.600. The van der Waals surface area contributed by atoms with Crippen LogP contribution >= 0.6 is 11.6 Å². The van der Waals surface area contributed by atoms with Crippen molar-refractivity contribution in [1.82, 2.24) is 4.98 Å². The molecule has 4 unspecified atom stereocenters. The maximum absolute atomic E-state index is 11.1. The summed E-state index contributed by atoms with van der Waals surface area (Å²) in [4.78, 5) is 15.3. The van der Waals surface area contributed by atoms with Gasteiger partial charge in [-0.05, 0) is 50.0 Å². The van der Waals surface area contributed by atoms with Gasteiger partial charge in [0, 0.05) is 12.2 Å². The quantitative estimate of drug-likeness (QED) is 0.889. The van der Waals surface area contributed by atoms with Crippen LogP contribution in [0.4, 0.5) is 5.82 Å². The Bertz CT molecular complexity index is 535. The molecule has 108 valence electrons. The van der Waals surface area contributed by atoms with Gasteiger partial charge < -0.3 is 10.4 Å². The van der Waals surface area contributed by atoms with Gasteiger partial charge in [-0.1, -0.05) is 18.0 Å². The number of aromatic nitrogens is 1. The first-order valence-corrected chi connectivity index (χ1v) is 7.58. The van der Waals surface area contributed by atoms with Crippen LogP contribution in [0, 0.1) is 17.8 Å². The Morgan fingerprint density at radius 3 is 2.90 bits per heavy atom. The Kier molecular flexibility index (Phi) is 3.59. The fourth-order valence-corrected chi connectivity index (χ4v) is 4.19. The average Bonchev–Trinajstić information content (AvgIpc) is 3.03. The second-order valence-electron chi connectivity index (χ2n) is 6.10. The topological polar surface area (TPSA) is 62.2 Å². The molecule has 5 heteroatoms. The number of halogens is 1. The molecule has 4 atom stereocenters. The third-order valence-electron chi connectivity index (χ3n) is 4.92. The van der Waals surface area contributed by atoms with Gasteiger partial charge in [-0.2, -0.15) is 0 Å². The molecule has 2 saturated carbocycles. The number of aromatic carboxylic acids is 1. The molecule has 0 amide bonds. The van der Waals surface area contributed by atoms with Crippen molar-refractivity contribution >= 4 is 23.4 Å². The van der Waals surface area contributed by atoms with Crippen LogP contribution in [0.15, 0.2) is 12.3 Å². The van der Waals surface area contributed by atoms with Crippen LogP contribution in [0.1, 0.15) is 43.0 Å². The SMILES string of the molecule is CC(Nc1nccc(C(=O)O)c1Cl)C1CC2CCC1C2. The van der Waals surface area contributed by atoms with E-state index >= 15 is 0 Å². The number of carboxylic acids is 1. The minimum Gasteiger partial charge on any atom is -0.478 e. The van der Waals surface area contributed by atoms with Crippen molar-refractivity contribution in [3.63, 3.8) is 0 Å². The number of carbonyl (C=O) groups is 1. The van der Waals surface area contributed by atoms with Crippen LogP contribution in [0.5, 0.6) is 0 Å². The van der Waals surface area contributed by atoms with Crippen molar-refractivity contribution in [2.75, 3.05) is 5.32 Å². The van der Waals surface area contributed by atoms with Gasteiger partial charge in [-0.15, -0.1) is 0 Å². The highest BCUT2D eigenvalue weighted by atomic mass is 35.5. The van der Waals surface area contributed by atoms with E-state index in [1.54, 1.807) is 0 Å². The summed E-state index contributed by atoms with van der Waals surface area (Å²) in [7, 11) is 0. The molecule has 2 aliphatic rings. The molecule has 2 N–H and O–H groups in total. The second-order valence-corrected chi connectivity index (χ2v) is 6.48. The molecular formula is C15H19ClN2O2. The van der Waals surface area contributed by atoms with E-state index in [1.807, 2.05) is 0 Å². The van der Waals surface area contributed by atoms with Gasteiger partial charge in [0.1, 0.15) is 5.82 Å². The lowest BCUT2D eigenvalue weighted by molar-refractivity contribution is 0.0697. The van der Waals surface area contributed by atoms with Gasteiger partial charge in [0.2, 0.25) is 0 Å². The zero-order chi connectivity index (χ0) is 14.3. The Balaban J connectivity index is 1.74. The normalized spacial score (nSPS) is 29.4. The molecule has 0 saturated heterocycles. The molecule has 4 nitrogen and oxygen atoms in total. The predicted molar refractivity (Wildman–Crippen MR) is 78.2 cm³/mol. The van der Waals surface area contributed by atoms with Crippen LogP contribution < -0.4 is 5.32 Å². The van der Waals surface area contributed by atoms with E-state index in [2.05, 4.69) is 17.2 Å². The molecule has 1 heterocycles. The van der Waals surface area contributed by atoms with E-state index in [-0.39, 0.29) is 16.6 Å². The largest absolute Gasteiger partial charge is 0.478 e. The lowest BCUT2D eigenvalue weighted by Crippen LogP contribution is -2.30. The second kappa shape index (κ2) is 5.24. The summed E-state index contributed by atoms with van der Waals surface area (Å²) in [5.74, 6) is 1.82. The number of fused-ring (bicyclic) bond motifs is 2. The van der Waals surface area contributed by atoms with Gasteiger partial charge >= 0.3 is 5.97 Å². The highest BCUT2D eigenvalue weighted by molar-refractivity contribution is 6.35. The number of hydrogen-bond acceptors (Lipinski definition) is 3. The molecule has 1 aromatic rings. The minimum atomic E-state index is -1.02. The Labute approximate surface area is 123 Å². The van der Waals surface area contributed by atoms with Gasteiger partial charge in [0.05, 0.1) is 10.6 Å². The molecular weight excluding hydrogens is 276 g/mol. The highest BCUT2D eigenvalue weighted by Gasteiger charge is 2.41. The minimum absolute atomic E-state index is 0.101. The first-order chi connectivity index (χ1) is 9.56. The van der Waals surface area contributed by atoms with E-state index in [0.29, 0.717) is 11.7 Å². The van der Waals surface area contributed by atoms with Crippen LogP contribution in [0.3, 0.4) is 0 Å². The zero-order valence-corrected chi connectivity index (χ0v) is 12.2. The van der Waals surface area contributed by atoms with Gasteiger partial charge in [0.25, 0.3) is 0 Å². The van der Waals surface area contributed by atoms with Gasteiger partial charge in [-0.25, -0.2) is 9.78 Å². The summed E-state index contributed by atoms with van der Waals surface area (Å²) in [6, 6.07) is 1.71. The van der Waals surface area contributed by atoms with Crippen molar-refractivity contribution in [3.05, 3.63) is 22.8 Å². The fourth-order valence-electron chi connectivity index (χ4n) is 3.94. The summed E-state index contributed by atoms with van der Waals surface area (Å²) in [5, 5.41) is 12.6. The first-order valence-electron chi connectivity index (χ1n) is 7.20. The van der Waals surface area contributed by atoms with E-state index < -0.39 is 5.97 Å². The summed E-state index contributed by atoms with van der Waals surface area (Å²) >= 11 is 6.13. The van der Waals surface area contributed by atoms with Crippen molar-refractivity contribution in [2.24, 2.45) is 17.8 Å². The first kappa shape index (κ1) is 13.7. The molecule has 0 aromatic carbocycles. The number of rotatable bonds is 4.